The zero-order valence-electron chi connectivity index (χ0n) is 15.9. The third kappa shape index (κ3) is 3.27. The van der Waals surface area contributed by atoms with E-state index in [1.807, 2.05) is 12.1 Å². The fourth-order valence-electron chi connectivity index (χ4n) is 4.50. The van der Waals surface area contributed by atoms with E-state index in [2.05, 4.69) is 23.5 Å². The Labute approximate surface area is 174 Å². The van der Waals surface area contributed by atoms with Gasteiger partial charge in [-0.3, -0.25) is 4.79 Å². The molecule has 1 aliphatic carbocycles. The Kier molecular flexibility index (Phi) is 4.69. The number of hydrogen-bond acceptors (Lipinski definition) is 4. The highest BCUT2D eigenvalue weighted by Crippen LogP contribution is 2.35. The summed E-state index contributed by atoms with van der Waals surface area (Å²) in [4.78, 5) is 13.0. The molecule has 0 spiro atoms. The fourth-order valence-corrected chi connectivity index (χ4v) is 7.17. The third-order valence-corrected chi connectivity index (χ3v) is 9.22. The second-order valence-corrected chi connectivity index (χ2v) is 10.8. The number of piperidine rings is 1. The molecule has 1 aromatic heterocycles. The molecule has 5 rings (SSSR count). The summed E-state index contributed by atoms with van der Waals surface area (Å²) in [6, 6.07) is 13.7. The van der Waals surface area contributed by atoms with E-state index < -0.39 is 10.0 Å². The maximum atomic E-state index is 13.0. The quantitative estimate of drug-likeness (QED) is 0.685. The van der Waals surface area contributed by atoms with Crippen LogP contribution < -0.4 is 5.32 Å². The number of hydrogen-bond donors (Lipinski definition) is 1. The highest BCUT2D eigenvalue weighted by atomic mass is 32.2. The van der Waals surface area contributed by atoms with Crippen LogP contribution >= 0.6 is 11.3 Å². The van der Waals surface area contributed by atoms with Crippen molar-refractivity contribution in [2.75, 3.05) is 18.4 Å². The highest BCUT2D eigenvalue weighted by molar-refractivity contribution is 7.91. The van der Waals surface area contributed by atoms with Crippen molar-refractivity contribution in [3.8, 4) is 0 Å². The maximum absolute atomic E-state index is 13.0. The monoisotopic (exact) mass is 426 g/mol. The smallest absolute Gasteiger partial charge is 0.252 e. The van der Waals surface area contributed by atoms with Crippen molar-refractivity contribution < 1.29 is 13.2 Å². The van der Waals surface area contributed by atoms with Crippen molar-refractivity contribution in [2.45, 2.75) is 29.9 Å². The molecule has 1 saturated heterocycles. The molecular weight excluding hydrogens is 404 g/mol. The molecule has 2 aromatic carbocycles. The van der Waals surface area contributed by atoms with Gasteiger partial charge >= 0.3 is 0 Å². The van der Waals surface area contributed by atoms with E-state index in [1.54, 1.807) is 17.5 Å². The minimum Gasteiger partial charge on any atom is -0.325 e. The van der Waals surface area contributed by atoms with Crippen LogP contribution in [0.15, 0.2) is 52.1 Å². The molecule has 0 unspecified atom stereocenters. The Hall–Kier alpha value is -2.22. The average molecular weight is 427 g/mol. The highest BCUT2D eigenvalue weighted by Gasteiger charge is 2.34. The summed E-state index contributed by atoms with van der Waals surface area (Å²) >= 11 is 1.22. The number of carbonyl (C=O) groups is 1. The lowest BCUT2D eigenvalue weighted by molar-refractivity contribution is -0.120. The van der Waals surface area contributed by atoms with Crippen LogP contribution in [-0.4, -0.2) is 31.7 Å². The Morgan fingerprint density at radius 1 is 1.07 bits per heavy atom. The van der Waals surface area contributed by atoms with E-state index in [0.29, 0.717) is 23.6 Å². The van der Waals surface area contributed by atoms with Crippen LogP contribution in [0.4, 0.5) is 5.69 Å². The van der Waals surface area contributed by atoms with Crippen molar-refractivity contribution in [1.82, 2.24) is 4.31 Å². The predicted octanol–water partition coefficient (Wildman–Crippen LogP) is 4.04. The van der Waals surface area contributed by atoms with Gasteiger partial charge in [-0.25, -0.2) is 8.42 Å². The molecule has 2 aliphatic rings. The standard InChI is InChI=1S/C22H22N2O3S2/c25-22(17-5-2-12-24(14-17)29(26,27)20-7-3-13-28-20)23-19-11-10-16-9-8-15-4-1-6-18(19)21(15)16/h1,3-4,6-7,10-11,13,17H,2,5,8-9,12,14H2,(H,23,25)/t17-/m0/s1. The van der Waals surface area contributed by atoms with Gasteiger partial charge in [0.25, 0.3) is 10.0 Å². The van der Waals surface area contributed by atoms with Gasteiger partial charge in [0.05, 0.1) is 5.92 Å². The number of rotatable bonds is 4. The van der Waals surface area contributed by atoms with Crippen LogP contribution in [0, 0.1) is 5.92 Å². The van der Waals surface area contributed by atoms with Gasteiger partial charge in [-0.05, 0) is 59.7 Å². The topological polar surface area (TPSA) is 66.5 Å². The van der Waals surface area contributed by atoms with Crippen molar-refractivity contribution >= 4 is 43.7 Å². The summed E-state index contributed by atoms with van der Waals surface area (Å²) in [7, 11) is -3.52. The predicted molar refractivity (Wildman–Crippen MR) is 116 cm³/mol. The molecule has 0 radical (unpaired) electrons. The van der Waals surface area contributed by atoms with Gasteiger partial charge in [0.1, 0.15) is 4.21 Å². The van der Waals surface area contributed by atoms with Gasteiger partial charge in [0, 0.05) is 24.2 Å². The van der Waals surface area contributed by atoms with Crippen LogP contribution in [0.5, 0.6) is 0 Å². The van der Waals surface area contributed by atoms with Crippen molar-refractivity contribution in [1.29, 1.82) is 0 Å². The summed E-state index contributed by atoms with van der Waals surface area (Å²) in [6.45, 7) is 0.693. The second-order valence-electron chi connectivity index (χ2n) is 7.74. The van der Waals surface area contributed by atoms with Gasteiger partial charge < -0.3 is 5.32 Å². The number of sulfonamides is 1. The molecule has 0 saturated carbocycles. The second kappa shape index (κ2) is 7.23. The lowest BCUT2D eigenvalue weighted by Gasteiger charge is -2.30. The number of aryl methyl sites for hydroxylation is 2. The summed E-state index contributed by atoms with van der Waals surface area (Å²) in [5, 5.41) is 7.18. The van der Waals surface area contributed by atoms with E-state index >= 15 is 0 Å². The van der Waals surface area contributed by atoms with Crippen LogP contribution in [0.2, 0.25) is 0 Å². The Balaban J connectivity index is 1.37. The largest absolute Gasteiger partial charge is 0.325 e. The first kappa shape index (κ1) is 18.8. The molecule has 7 heteroatoms. The normalized spacial score (nSPS) is 19.5. The van der Waals surface area contributed by atoms with E-state index in [1.165, 1.54) is 32.2 Å². The summed E-state index contributed by atoms with van der Waals surface area (Å²) in [5.74, 6) is -0.448. The molecule has 1 aliphatic heterocycles. The molecular formula is C22H22N2O3S2. The average Bonchev–Trinajstić information content (AvgIpc) is 3.42. The van der Waals surface area contributed by atoms with Crippen molar-refractivity contribution in [3.05, 3.63) is 59.0 Å². The van der Waals surface area contributed by atoms with Crippen LogP contribution in [0.3, 0.4) is 0 Å². The molecule has 5 nitrogen and oxygen atoms in total. The number of amides is 1. The molecule has 1 N–H and O–H groups in total. The van der Waals surface area contributed by atoms with E-state index in [0.717, 1.165) is 23.9 Å². The van der Waals surface area contributed by atoms with E-state index in [9.17, 15) is 13.2 Å². The van der Waals surface area contributed by atoms with Crippen molar-refractivity contribution in [3.63, 3.8) is 0 Å². The Bertz CT molecular complexity index is 1180. The number of nitrogens with one attached hydrogen (secondary N) is 1. The first-order chi connectivity index (χ1) is 14.0. The number of carbonyl (C=O) groups excluding carboxylic acids is 1. The zero-order valence-corrected chi connectivity index (χ0v) is 17.6. The molecule has 0 bridgehead atoms. The van der Waals surface area contributed by atoms with Crippen LogP contribution in [-0.2, 0) is 27.7 Å². The number of thiophene rings is 1. The molecule has 3 aromatic rings. The summed E-state index contributed by atoms with van der Waals surface area (Å²) < 4.78 is 27.5. The maximum Gasteiger partial charge on any atom is 0.252 e. The Morgan fingerprint density at radius 2 is 1.90 bits per heavy atom. The molecule has 1 fully saturated rings. The molecule has 2 heterocycles. The van der Waals surface area contributed by atoms with Gasteiger partial charge in [-0.2, -0.15) is 4.31 Å². The lowest BCUT2D eigenvalue weighted by atomic mass is 9.98. The number of anilines is 1. The van der Waals surface area contributed by atoms with Gasteiger partial charge in [0.15, 0.2) is 0 Å². The SMILES string of the molecule is O=C(Nc1ccc2c3c(cccc13)CC2)[C@H]1CCCN(S(=O)(=O)c2cccs2)C1. The van der Waals surface area contributed by atoms with E-state index in [-0.39, 0.29) is 18.4 Å². The zero-order chi connectivity index (χ0) is 20.0. The summed E-state index contributed by atoms with van der Waals surface area (Å²) in [6.07, 6.45) is 3.47. The first-order valence-electron chi connectivity index (χ1n) is 9.92. The molecule has 1 atom stereocenters. The Morgan fingerprint density at radius 3 is 2.69 bits per heavy atom. The van der Waals surface area contributed by atoms with Gasteiger partial charge in [0.2, 0.25) is 5.91 Å². The fraction of sp³-hybridized carbons (Fsp3) is 0.318. The van der Waals surface area contributed by atoms with E-state index in [4.69, 9.17) is 0 Å². The van der Waals surface area contributed by atoms with Crippen molar-refractivity contribution in [2.24, 2.45) is 5.92 Å². The van der Waals surface area contributed by atoms with Gasteiger partial charge in [-0.1, -0.05) is 30.3 Å². The van der Waals surface area contributed by atoms with Crippen LogP contribution in [0.1, 0.15) is 24.0 Å². The van der Waals surface area contributed by atoms with Crippen LogP contribution in [0.25, 0.3) is 10.8 Å². The number of nitrogens with zero attached hydrogens (tertiary/aromatic N) is 1. The first-order valence-corrected chi connectivity index (χ1v) is 12.2. The summed E-state index contributed by atoms with van der Waals surface area (Å²) in [5.41, 5.74) is 3.48. The minimum atomic E-state index is -3.52. The lowest BCUT2D eigenvalue weighted by Crippen LogP contribution is -2.43. The number of benzene rings is 2. The molecule has 29 heavy (non-hydrogen) atoms. The molecule has 1 amide bonds. The third-order valence-electron chi connectivity index (χ3n) is 5.98. The minimum absolute atomic E-state index is 0.102. The van der Waals surface area contributed by atoms with Gasteiger partial charge in [-0.15, -0.1) is 11.3 Å². The molecule has 150 valence electrons.